The van der Waals surface area contributed by atoms with Crippen molar-refractivity contribution in [3.63, 3.8) is 0 Å². The smallest absolute Gasteiger partial charge is 0.290 e. The molecule has 0 aliphatic carbocycles. The molecular formula is C17H10Cl2N2O3. The van der Waals surface area contributed by atoms with Crippen LogP contribution in [0.5, 0.6) is 0 Å². The van der Waals surface area contributed by atoms with Crippen LogP contribution in [-0.4, -0.2) is 15.7 Å². The van der Waals surface area contributed by atoms with Gasteiger partial charge in [-0.15, -0.1) is 11.6 Å². The molecule has 0 radical (unpaired) electrons. The lowest BCUT2D eigenvalue weighted by atomic mass is 10.0. The molecule has 0 aliphatic rings. The van der Waals surface area contributed by atoms with E-state index >= 15 is 0 Å². The van der Waals surface area contributed by atoms with Gasteiger partial charge in [-0.2, -0.15) is 0 Å². The van der Waals surface area contributed by atoms with Crippen LogP contribution >= 0.6 is 23.2 Å². The number of hydrogen-bond donors (Lipinski definition) is 0. The standard InChI is InChI=1S/C17H10Cl2N2O3/c18-12-7-4-10(5-8-12)15(19)17(22)13-9-6-11-2-1-3-14(21(23)24)16(11)20-13/h1-9,15H. The second-order valence-electron chi connectivity index (χ2n) is 5.08. The molecule has 0 N–H and O–H groups in total. The molecule has 0 aliphatic heterocycles. The lowest BCUT2D eigenvalue weighted by Crippen LogP contribution is -2.10. The number of para-hydroxylation sites is 1. The van der Waals surface area contributed by atoms with E-state index in [1.54, 1.807) is 42.5 Å². The first-order valence-corrected chi connectivity index (χ1v) is 7.77. The molecule has 24 heavy (non-hydrogen) atoms. The van der Waals surface area contributed by atoms with Gasteiger partial charge in [-0.1, -0.05) is 41.9 Å². The number of nitro benzene ring substituents is 1. The monoisotopic (exact) mass is 360 g/mol. The van der Waals surface area contributed by atoms with Crippen LogP contribution in [-0.2, 0) is 0 Å². The number of halogens is 2. The van der Waals surface area contributed by atoms with Crippen molar-refractivity contribution in [2.45, 2.75) is 5.38 Å². The first-order valence-electron chi connectivity index (χ1n) is 6.95. The molecule has 120 valence electrons. The van der Waals surface area contributed by atoms with E-state index in [2.05, 4.69) is 4.98 Å². The summed E-state index contributed by atoms with van der Waals surface area (Å²) in [6.45, 7) is 0. The lowest BCUT2D eigenvalue weighted by Gasteiger charge is -2.09. The number of nitrogens with zero attached hydrogens (tertiary/aromatic N) is 2. The number of benzene rings is 2. The van der Waals surface area contributed by atoms with E-state index in [1.807, 2.05) is 0 Å². The molecule has 0 fully saturated rings. The van der Waals surface area contributed by atoms with Crippen LogP contribution in [0, 0.1) is 10.1 Å². The van der Waals surface area contributed by atoms with Crippen molar-refractivity contribution < 1.29 is 9.72 Å². The highest BCUT2D eigenvalue weighted by atomic mass is 35.5. The van der Waals surface area contributed by atoms with E-state index in [-0.39, 0.29) is 16.9 Å². The van der Waals surface area contributed by atoms with E-state index in [4.69, 9.17) is 23.2 Å². The van der Waals surface area contributed by atoms with Crippen molar-refractivity contribution in [1.29, 1.82) is 0 Å². The number of carbonyl (C=O) groups excluding carboxylic acids is 1. The lowest BCUT2D eigenvalue weighted by molar-refractivity contribution is -0.383. The number of alkyl halides is 1. The molecule has 0 amide bonds. The van der Waals surface area contributed by atoms with Gasteiger partial charge in [0.1, 0.15) is 16.6 Å². The fourth-order valence-electron chi connectivity index (χ4n) is 2.33. The maximum absolute atomic E-state index is 12.6. The maximum atomic E-state index is 12.6. The SMILES string of the molecule is O=C(c1ccc2cccc([N+](=O)[O-])c2n1)C(Cl)c1ccc(Cl)cc1. The van der Waals surface area contributed by atoms with E-state index in [0.29, 0.717) is 16.0 Å². The third-order valence-corrected chi connectivity index (χ3v) is 4.24. The maximum Gasteiger partial charge on any atom is 0.295 e. The van der Waals surface area contributed by atoms with Gasteiger partial charge in [0, 0.05) is 16.5 Å². The summed E-state index contributed by atoms with van der Waals surface area (Å²) < 4.78 is 0. The molecular weight excluding hydrogens is 351 g/mol. The van der Waals surface area contributed by atoms with E-state index in [1.165, 1.54) is 12.1 Å². The van der Waals surface area contributed by atoms with Crippen molar-refractivity contribution in [3.8, 4) is 0 Å². The average molecular weight is 361 g/mol. The van der Waals surface area contributed by atoms with Crippen LogP contribution in [0.25, 0.3) is 10.9 Å². The number of fused-ring (bicyclic) bond motifs is 1. The fraction of sp³-hybridized carbons (Fsp3) is 0.0588. The van der Waals surface area contributed by atoms with Gasteiger partial charge >= 0.3 is 0 Å². The van der Waals surface area contributed by atoms with E-state index in [9.17, 15) is 14.9 Å². The summed E-state index contributed by atoms with van der Waals surface area (Å²) in [4.78, 5) is 27.3. The minimum atomic E-state index is -0.949. The molecule has 1 atom stereocenters. The first-order chi connectivity index (χ1) is 11.5. The predicted molar refractivity (Wildman–Crippen MR) is 92.8 cm³/mol. The van der Waals surface area contributed by atoms with E-state index in [0.717, 1.165) is 0 Å². The van der Waals surface area contributed by atoms with Crippen molar-refractivity contribution in [2.24, 2.45) is 0 Å². The molecule has 7 heteroatoms. The summed E-state index contributed by atoms with van der Waals surface area (Å²) in [5.41, 5.74) is 0.662. The predicted octanol–water partition coefficient (Wildman–Crippen LogP) is 4.96. The Balaban J connectivity index is 2.02. The minimum Gasteiger partial charge on any atom is -0.290 e. The Hall–Kier alpha value is -2.50. The highest BCUT2D eigenvalue weighted by molar-refractivity contribution is 6.34. The molecule has 5 nitrogen and oxygen atoms in total. The number of carbonyl (C=O) groups is 1. The first kappa shape index (κ1) is 16.4. The van der Waals surface area contributed by atoms with Gasteiger partial charge in [0.25, 0.3) is 5.69 Å². The van der Waals surface area contributed by atoms with Crippen molar-refractivity contribution >= 4 is 45.6 Å². The molecule has 3 rings (SSSR count). The second-order valence-corrected chi connectivity index (χ2v) is 5.95. The zero-order valence-corrected chi connectivity index (χ0v) is 13.7. The Labute approximate surface area is 147 Å². The van der Waals surface area contributed by atoms with Gasteiger partial charge in [-0.3, -0.25) is 14.9 Å². The summed E-state index contributed by atoms with van der Waals surface area (Å²) in [5, 5.41) is 11.3. The summed E-state index contributed by atoms with van der Waals surface area (Å²) in [5.74, 6) is -0.431. The molecule has 1 aromatic heterocycles. The number of ketones is 1. The van der Waals surface area contributed by atoms with Gasteiger partial charge in [0.05, 0.1) is 4.92 Å². The van der Waals surface area contributed by atoms with Crippen LogP contribution in [0.1, 0.15) is 21.4 Å². The Morgan fingerprint density at radius 2 is 1.79 bits per heavy atom. The third kappa shape index (κ3) is 3.09. The molecule has 0 saturated heterocycles. The summed E-state index contributed by atoms with van der Waals surface area (Å²) in [6, 6.07) is 14.3. The van der Waals surface area contributed by atoms with Crippen LogP contribution in [0.15, 0.2) is 54.6 Å². The average Bonchev–Trinajstić information content (AvgIpc) is 2.60. The molecule has 1 heterocycles. The normalized spacial score (nSPS) is 12.1. The third-order valence-electron chi connectivity index (χ3n) is 3.54. The summed E-state index contributed by atoms with van der Waals surface area (Å²) >= 11 is 12.1. The molecule has 0 bridgehead atoms. The number of rotatable bonds is 4. The van der Waals surface area contributed by atoms with Crippen LogP contribution in [0.3, 0.4) is 0 Å². The quantitative estimate of drug-likeness (QED) is 0.285. The number of pyridine rings is 1. The number of aromatic nitrogens is 1. The molecule has 2 aromatic carbocycles. The topological polar surface area (TPSA) is 73.1 Å². The fourth-order valence-corrected chi connectivity index (χ4v) is 2.71. The Bertz CT molecular complexity index is 942. The number of non-ortho nitro benzene ring substituents is 1. The van der Waals surface area contributed by atoms with Gasteiger partial charge in [-0.05, 0) is 23.8 Å². The highest BCUT2D eigenvalue weighted by Gasteiger charge is 2.22. The summed E-state index contributed by atoms with van der Waals surface area (Å²) in [7, 11) is 0. The van der Waals surface area contributed by atoms with Crippen LogP contribution < -0.4 is 0 Å². The number of nitro groups is 1. The number of hydrogen-bond acceptors (Lipinski definition) is 4. The van der Waals surface area contributed by atoms with Crippen LogP contribution in [0.4, 0.5) is 5.69 Å². The highest BCUT2D eigenvalue weighted by Crippen LogP contribution is 2.28. The minimum absolute atomic E-state index is 0.0757. The van der Waals surface area contributed by atoms with Gasteiger partial charge < -0.3 is 0 Å². The van der Waals surface area contributed by atoms with Crippen molar-refractivity contribution in [3.05, 3.63) is 81.0 Å². The Morgan fingerprint density at radius 3 is 2.46 bits per heavy atom. The second kappa shape index (κ2) is 6.55. The molecule has 3 aromatic rings. The van der Waals surface area contributed by atoms with Gasteiger partial charge in [0.2, 0.25) is 5.78 Å². The molecule has 1 unspecified atom stereocenters. The Kier molecular flexibility index (Phi) is 4.46. The van der Waals surface area contributed by atoms with Crippen LogP contribution in [0.2, 0.25) is 5.02 Å². The largest absolute Gasteiger partial charge is 0.295 e. The molecule has 0 spiro atoms. The van der Waals surface area contributed by atoms with E-state index < -0.39 is 16.1 Å². The summed E-state index contributed by atoms with van der Waals surface area (Å²) in [6.07, 6.45) is 0. The van der Waals surface area contributed by atoms with Gasteiger partial charge in [-0.25, -0.2) is 4.98 Å². The Morgan fingerprint density at radius 1 is 1.08 bits per heavy atom. The van der Waals surface area contributed by atoms with Gasteiger partial charge in [0.15, 0.2) is 0 Å². The number of Topliss-reactive ketones (excluding diaryl/α,β-unsaturated/α-hetero) is 1. The zero-order chi connectivity index (χ0) is 17.3. The van der Waals surface area contributed by atoms with Crippen molar-refractivity contribution in [1.82, 2.24) is 4.98 Å². The zero-order valence-electron chi connectivity index (χ0n) is 12.1. The molecule has 0 saturated carbocycles. The van der Waals surface area contributed by atoms with Crippen molar-refractivity contribution in [2.75, 3.05) is 0 Å².